The van der Waals surface area contributed by atoms with Crippen LogP contribution in [0.2, 0.25) is 0 Å². The lowest BCUT2D eigenvalue weighted by atomic mass is 10.0. The Morgan fingerprint density at radius 2 is 1.11 bits per heavy atom. The molecule has 0 aliphatic rings. The molecule has 3 heteroatoms. The number of allylic oxidation sites excluding steroid dienone is 1. The summed E-state index contributed by atoms with van der Waals surface area (Å²) in [6.07, 6.45) is 26.3. The first-order valence-electron chi connectivity index (χ1n) is 11.7. The van der Waals surface area contributed by atoms with Gasteiger partial charge in [0.15, 0.2) is 0 Å². The highest BCUT2D eigenvalue weighted by molar-refractivity contribution is 5.79. The topological polar surface area (TPSA) is 57.5 Å². The van der Waals surface area contributed by atoms with E-state index in [2.05, 4.69) is 6.92 Å². The number of carbonyl (C=O) groups is 1. The summed E-state index contributed by atoms with van der Waals surface area (Å²) in [5.74, 6) is -0.882. The highest BCUT2D eigenvalue weighted by Crippen LogP contribution is 2.15. The maximum atomic E-state index is 10.3. The van der Waals surface area contributed by atoms with E-state index >= 15 is 0 Å². The molecule has 0 aromatic rings. The average molecular weight is 383 g/mol. The first-order chi connectivity index (χ1) is 13.2. The Bertz CT molecular complexity index is 339. The second kappa shape index (κ2) is 21.5. The predicted molar refractivity (Wildman–Crippen MR) is 116 cm³/mol. The zero-order chi connectivity index (χ0) is 20.0. The van der Waals surface area contributed by atoms with Crippen LogP contribution in [-0.2, 0) is 4.79 Å². The van der Waals surface area contributed by atoms with Gasteiger partial charge in [0.2, 0.25) is 0 Å². The van der Waals surface area contributed by atoms with Gasteiger partial charge < -0.3 is 10.2 Å². The van der Waals surface area contributed by atoms with Gasteiger partial charge in [0, 0.05) is 6.08 Å². The second-order valence-electron chi connectivity index (χ2n) is 8.06. The van der Waals surface area contributed by atoms with Crippen molar-refractivity contribution in [1.29, 1.82) is 0 Å². The molecule has 0 rings (SSSR count). The highest BCUT2D eigenvalue weighted by Gasteiger charge is 2.03. The number of hydrogen-bond acceptors (Lipinski definition) is 2. The minimum absolute atomic E-state index is 0.175. The molecule has 0 saturated carbocycles. The van der Waals surface area contributed by atoms with Gasteiger partial charge in [0.25, 0.3) is 0 Å². The molecule has 0 heterocycles. The molecule has 0 fully saturated rings. The third-order valence-corrected chi connectivity index (χ3v) is 5.31. The second-order valence-corrected chi connectivity index (χ2v) is 8.06. The summed E-state index contributed by atoms with van der Waals surface area (Å²) in [7, 11) is 0. The molecule has 27 heavy (non-hydrogen) atoms. The Balaban J connectivity index is 3.17. The maximum Gasteiger partial charge on any atom is 0.327 e. The molecule has 160 valence electrons. The molecule has 0 bridgehead atoms. The maximum absolute atomic E-state index is 10.3. The van der Waals surface area contributed by atoms with Crippen LogP contribution in [0.5, 0.6) is 0 Å². The molecule has 1 unspecified atom stereocenters. The van der Waals surface area contributed by atoms with Crippen LogP contribution in [-0.4, -0.2) is 22.3 Å². The summed E-state index contributed by atoms with van der Waals surface area (Å²) in [5, 5.41) is 18.5. The van der Waals surface area contributed by atoms with E-state index in [4.69, 9.17) is 5.11 Å². The third-order valence-electron chi connectivity index (χ3n) is 5.31. The van der Waals surface area contributed by atoms with E-state index in [1.807, 2.05) is 0 Å². The molecular formula is C24H46O3. The molecule has 0 radical (unpaired) electrons. The van der Waals surface area contributed by atoms with Crippen LogP contribution < -0.4 is 0 Å². The van der Waals surface area contributed by atoms with Crippen molar-refractivity contribution >= 4 is 5.97 Å². The van der Waals surface area contributed by atoms with Gasteiger partial charge in [0.05, 0.1) is 6.10 Å². The van der Waals surface area contributed by atoms with Crippen molar-refractivity contribution < 1.29 is 15.0 Å². The normalized spacial score (nSPS) is 12.7. The molecule has 0 aromatic carbocycles. The summed E-state index contributed by atoms with van der Waals surface area (Å²) >= 11 is 0. The van der Waals surface area contributed by atoms with Gasteiger partial charge in [-0.2, -0.15) is 0 Å². The van der Waals surface area contributed by atoms with Crippen LogP contribution in [0.1, 0.15) is 129 Å². The summed E-state index contributed by atoms with van der Waals surface area (Å²) in [5.41, 5.74) is 0. The third kappa shape index (κ3) is 23.1. The van der Waals surface area contributed by atoms with Crippen molar-refractivity contribution in [3.8, 4) is 0 Å². The lowest BCUT2D eigenvalue weighted by Crippen LogP contribution is -2.05. The van der Waals surface area contributed by atoms with E-state index in [1.165, 1.54) is 89.5 Å². The summed E-state index contributed by atoms with van der Waals surface area (Å²) in [6.45, 7) is 2.27. The average Bonchev–Trinajstić information content (AvgIpc) is 2.64. The molecule has 0 aromatic heterocycles. The zero-order valence-electron chi connectivity index (χ0n) is 18.0. The Morgan fingerprint density at radius 3 is 1.56 bits per heavy atom. The molecule has 0 saturated heterocycles. The number of carboxylic acid groups (broad SMARTS) is 1. The van der Waals surface area contributed by atoms with E-state index in [1.54, 1.807) is 6.08 Å². The van der Waals surface area contributed by atoms with Crippen molar-refractivity contribution in [2.24, 2.45) is 0 Å². The number of aliphatic hydroxyl groups is 1. The zero-order valence-corrected chi connectivity index (χ0v) is 18.0. The van der Waals surface area contributed by atoms with E-state index in [-0.39, 0.29) is 6.10 Å². The van der Waals surface area contributed by atoms with Crippen LogP contribution in [0.3, 0.4) is 0 Å². The minimum atomic E-state index is -0.882. The van der Waals surface area contributed by atoms with Gasteiger partial charge >= 0.3 is 5.97 Å². The van der Waals surface area contributed by atoms with Crippen LogP contribution in [0.25, 0.3) is 0 Å². The van der Waals surface area contributed by atoms with Gasteiger partial charge in [-0.05, 0) is 25.7 Å². The van der Waals surface area contributed by atoms with Crippen molar-refractivity contribution in [2.45, 2.75) is 135 Å². The Kier molecular flexibility index (Phi) is 20.8. The fourth-order valence-electron chi connectivity index (χ4n) is 3.55. The number of hydrogen-bond donors (Lipinski definition) is 2. The number of rotatable bonds is 21. The van der Waals surface area contributed by atoms with E-state index in [0.29, 0.717) is 0 Å². The monoisotopic (exact) mass is 382 g/mol. The molecule has 2 N–H and O–H groups in total. The SMILES string of the molecule is CCCCCCCCCCCCCCCCC(O)CCCCC=CC(=O)O. The van der Waals surface area contributed by atoms with Crippen LogP contribution >= 0.6 is 0 Å². The Hall–Kier alpha value is -0.830. The lowest BCUT2D eigenvalue weighted by Gasteiger charge is -2.09. The van der Waals surface area contributed by atoms with E-state index in [0.717, 1.165) is 38.5 Å². The smallest absolute Gasteiger partial charge is 0.327 e. The molecule has 0 spiro atoms. The quantitative estimate of drug-likeness (QED) is 0.160. The van der Waals surface area contributed by atoms with Crippen molar-refractivity contribution in [3.63, 3.8) is 0 Å². The molecular weight excluding hydrogens is 336 g/mol. The van der Waals surface area contributed by atoms with Crippen LogP contribution in [0.15, 0.2) is 12.2 Å². The van der Waals surface area contributed by atoms with Gasteiger partial charge in [-0.25, -0.2) is 4.79 Å². The molecule has 1 atom stereocenters. The number of aliphatic hydroxyl groups excluding tert-OH is 1. The fourth-order valence-corrected chi connectivity index (χ4v) is 3.55. The number of unbranched alkanes of at least 4 members (excludes halogenated alkanes) is 15. The molecule has 0 aliphatic heterocycles. The summed E-state index contributed by atoms with van der Waals surface area (Å²) < 4.78 is 0. The highest BCUT2D eigenvalue weighted by atomic mass is 16.4. The van der Waals surface area contributed by atoms with Crippen LogP contribution in [0, 0.1) is 0 Å². The van der Waals surface area contributed by atoms with E-state index < -0.39 is 5.97 Å². The van der Waals surface area contributed by atoms with Gasteiger partial charge in [-0.3, -0.25) is 0 Å². The van der Waals surface area contributed by atoms with Crippen molar-refractivity contribution in [2.75, 3.05) is 0 Å². The van der Waals surface area contributed by atoms with Gasteiger partial charge in [-0.15, -0.1) is 0 Å². The summed E-state index contributed by atoms with van der Waals surface area (Å²) in [6, 6.07) is 0. The molecule has 3 nitrogen and oxygen atoms in total. The molecule has 0 aliphatic carbocycles. The fraction of sp³-hybridized carbons (Fsp3) is 0.875. The minimum Gasteiger partial charge on any atom is -0.478 e. The summed E-state index contributed by atoms with van der Waals surface area (Å²) in [4.78, 5) is 10.3. The Morgan fingerprint density at radius 1 is 0.704 bits per heavy atom. The standard InChI is InChI=1S/C24H46O3/c1-2-3-4-5-6-7-8-9-10-11-12-13-14-17-20-23(25)21-18-15-16-19-22-24(26)27/h19,22-23,25H,2-18,20-21H2,1H3,(H,26,27). The van der Waals surface area contributed by atoms with Gasteiger partial charge in [0.1, 0.15) is 0 Å². The first-order valence-corrected chi connectivity index (χ1v) is 11.7. The van der Waals surface area contributed by atoms with Crippen molar-refractivity contribution in [1.82, 2.24) is 0 Å². The van der Waals surface area contributed by atoms with Gasteiger partial charge in [-0.1, -0.05) is 109 Å². The Labute approximate surface area is 168 Å². The van der Waals surface area contributed by atoms with Crippen LogP contribution in [0.4, 0.5) is 0 Å². The first kappa shape index (κ1) is 26.2. The lowest BCUT2D eigenvalue weighted by molar-refractivity contribution is -0.131. The molecule has 0 amide bonds. The van der Waals surface area contributed by atoms with Crippen molar-refractivity contribution in [3.05, 3.63) is 12.2 Å². The number of carboxylic acids is 1. The number of aliphatic carboxylic acids is 1. The largest absolute Gasteiger partial charge is 0.478 e. The van der Waals surface area contributed by atoms with E-state index in [9.17, 15) is 9.90 Å². The predicted octanol–water partition coefficient (Wildman–Crippen LogP) is 7.42.